The molecule has 0 saturated carbocycles. The van der Waals surface area contributed by atoms with Crippen molar-refractivity contribution in [2.75, 3.05) is 13.2 Å². The minimum atomic E-state index is -0.434. The summed E-state index contributed by atoms with van der Waals surface area (Å²) in [6.07, 6.45) is 11.8. The van der Waals surface area contributed by atoms with Crippen molar-refractivity contribution < 1.29 is 14.4 Å². The first kappa shape index (κ1) is 29.1. The summed E-state index contributed by atoms with van der Waals surface area (Å²) in [5, 5.41) is 12.1. The van der Waals surface area contributed by atoms with Crippen LogP contribution in [0.15, 0.2) is 46.3 Å². The molecule has 0 fully saturated rings. The van der Waals surface area contributed by atoms with Gasteiger partial charge in [0.25, 0.3) is 11.2 Å². The number of hydrogen-bond acceptors (Lipinski definition) is 5. The van der Waals surface area contributed by atoms with Gasteiger partial charge in [-0.3, -0.25) is 14.9 Å². The van der Waals surface area contributed by atoms with E-state index >= 15 is 0 Å². The molecule has 198 valence electrons. The van der Waals surface area contributed by atoms with Gasteiger partial charge in [-0.15, -0.1) is 0 Å². The number of aromatic nitrogens is 1. The number of benzene rings is 1. The monoisotopic (exact) mass is 498 g/mol. The largest absolute Gasteiger partial charge is 0.485 e. The molecule has 0 amide bonds. The van der Waals surface area contributed by atoms with Crippen molar-refractivity contribution in [2.24, 2.45) is 0 Å². The summed E-state index contributed by atoms with van der Waals surface area (Å²) in [6.45, 7) is 11.6. The number of unbranched alkanes of at least 4 members (excludes halogenated alkanes) is 4. The summed E-state index contributed by atoms with van der Waals surface area (Å²) in [5.41, 5.74) is 2.65. The van der Waals surface area contributed by atoms with E-state index in [2.05, 4.69) is 40.7 Å². The van der Waals surface area contributed by atoms with Crippen LogP contribution in [-0.2, 0) is 6.54 Å². The molecule has 0 radical (unpaired) electrons. The molecule has 7 heteroatoms. The van der Waals surface area contributed by atoms with Crippen molar-refractivity contribution in [3.63, 3.8) is 0 Å². The molecule has 2 aromatic rings. The van der Waals surface area contributed by atoms with Crippen LogP contribution in [0.1, 0.15) is 86.0 Å². The summed E-state index contributed by atoms with van der Waals surface area (Å²) >= 11 is 0. The van der Waals surface area contributed by atoms with Crippen molar-refractivity contribution in [1.29, 1.82) is 0 Å². The van der Waals surface area contributed by atoms with E-state index in [1.807, 2.05) is 6.08 Å². The molecular weight excluding hydrogens is 456 g/mol. The molecule has 0 atom stereocenters. The Kier molecular flexibility index (Phi) is 12.2. The minimum absolute atomic E-state index is 0.0511. The van der Waals surface area contributed by atoms with E-state index in [1.54, 1.807) is 10.6 Å². The highest BCUT2D eigenvalue weighted by Gasteiger charge is 2.21. The van der Waals surface area contributed by atoms with Gasteiger partial charge >= 0.3 is 0 Å². The zero-order valence-corrected chi connectivity index (χ0v) is 22.6. The number of non-ortho nitro benzene ring substituents is 1. The van der Waals surface area contributed by atoms with Crippen molar-refractivity contribution in [3.8, 4) is 11.5 Å². The van der Waals surface area contributed by atoms with Gasteiger partial charge in [-0.25, -0.2) is 0 Å². The number of allylic oxidation sites excluding steroid dienone is 3. The fraction of sp³-hybridized carbons (Fsp3) is 0.552. The Morgan fingerprint density at radius 2 is 1.75 bits per heavy atom. The number of aryl methyl sites for hydroxylation is 1. The van der Waals surface area contributed by atoms with Gasteiger partial charge in [0, 0.05) is 24.1 Å². The zero-order chi connectivity index (χ0) is 26.5. The SMILES string of the molecule is CCCCCCn1c(=O)c(OCCCC)c(OCC=C(C)CCC=C(C)C)c2ccc([N+](=O)[O-])cc21. The van der Waals surface area contributed by atoms with Gasteiger partial charge in [-0.1, -0.05) is 56.8 Å². The molecule has 0 saturated heterocycles. The normalized spacial score (nSPS) is 11.5. The quantitative estimate of drug-likeness (QED) is 0.102. The predicted molar refractivity (Wildman–Crippen MR) is 147 cm³/mol. The third-order valence-electron chi connectivity index (χ3n) is 6.10. The highest BCUT2D eigenvalue weighted by Crippen LogP contribution is 2.35. The lowest BCUT2D eigenvalue weighted by Crippen LogP contribution is -2.24. The predicted octanol–water partition coefficient (Wildman–Crippen LogP) is 7.74. The smallest absolute Gasteiger partial charge is 0.297 e. The number of nitrogens with zero attached hydrogens (tertiary/aromatic N) is 2. The standard InChI is InChI=1S/C29H42N2O5/c1-6-8-10-11-18-30-26-21-24(31(33)34)15-16-25(26)27(28(29(30)32)35-19-9-7-2)36-20-17-23(5)14-12-13-22(3)4/h13,15-17,21H,6-12,14,18-20H2,1-5H3. The minimum Gasteiger partial charge on any atom is -0.485 e. The van der Waals surface area contributed by atoms with E-state index in [1.165, 1.54) is 23.3 Å². The van der Waals surface area contributed by atoms with Crippen molar-refractivity contribution in [2.45, 2.75) is 92.5 Å². The molecule has 0 N–H and O–H groups in total. The molecule has 7 nitrogen and oxygen atoms in total. The first-order valence-corrected chi connectivity index (χ1v) is 13.2. The average Bonchev–Trinajstić information content (AvgIpc) is 2.84. The van der Waals surface area contributed by atoms with Crippen LogP contribution in [0, 0.1) is 10.1 Å². The topological polar surface area (TPSA) is 83.6 Å². The van der Waals surface area contributed by atoms with E-state index in [0.29, 0.717) is 29.8 Å². The van der Waals surface area contributed by atoms with Crippen LogP contribution in [0.2, 0.25) is 0 Å². The molecule has 0 aliphatic rings. The number of rotatable bonds is 16. The van der Waals surface area contributed by atoms with Gasteiger partial charge in [0.05, 0.1) is 17.0 Å². The molecule has 1 heterocycles. The number of nitro groups is 1. The number of ether oxygens (including phenoxy) is 2. The average molecular weight is 499 g/mol. The van der Waals surface area contributed by atoms with Crippen LogP contribution in [-0.4, -0.2) is 22.7 Å². The van der Waals surface area contributed by atoms with E-state index in [4.69, 9.17) is 9.47 Å². The number of pyridine rings is 1. The second-order valence-electron chi connectivity index (χ2n) is 9.52. The molecule has 0 aliphatic carbocycles. The maximum Gasteiger partial charge on any atom is 0.297 e. The van der Waals surface area contributed by atoms with Gasteiger partial charge in [0.15, 0.2) is 5.75 Å². The molecule has 36 heavy (non-hydrogen) atoms. The van der Waals surface area contributed by atoms with Crippen LogP contribution >= 0.6 is 0 Å². The Balaban J connectivity index is 2.51. The lowest BCUT2D eigenvalue weighted by atomic mass is 10.1. The van der Waals surface area contributed by atoms with Gasteiger partial charge in [-0.05, 0) is 58.6 Å². The Bertz CT molecular complexity index is 1130. The lowest BCUT2D eigenvalue weighted by molar-refractivity contribution is -0.384. The van der Waals surface area contributed by atoms with Crippen LogP contribution in [0.3, 0.4) is 0 Å². The molecule has 2 rings (SSSR count). The van der Waals surface area contributed by atoms with E-state index in [9.17, 15) is 14.9 Å². The van der Waals surface area contributed by atoms with Crippen molar-refractivity contribution >= 4 is 16.6 Å². The molecule has 0 bridgehead atoms. The first-order valence-electron chi connectivity index (χ1n) is 13.2. The van der Waals surface area contributed by atoms with Gasteiger partial charge in [0.1, 0.15) is 6.61 Å². The second kappa shape index (κ2) is 15.1. The van der Waals surface area contributed by atoms with Crippen LogP contribution in [0.5, 0.6) is 11.5 Å². The van der Waals surface area contributed by atoms with E-state index in [0.717, 1.165) is 51.4 Å². The maximum atomic E-state index is 13.6. The summed E-state index contributed by atoms with van der Waals surface area (Å²) in [4.78, 5) is 24.7. The Morgan fingerprint density at radius 1 is 1.00 bits per heavy atom. The molecule has 1 aromatic heterocycles. The number of nitro benzene ring substituents is 1. The summed E-state index contributed by atoms with van der Waals surface area (Å²) in [5.74, 6) is 0.551. The summed E-state index contributed by atoms with van der Waals surface area (Å²) in [7, 11) is 0. The fourth-order valence-electron chi connectivity index (χ4n) is 3.97. The zero-order valence-electron chi connectivity index (χ0n) is 22.6. The second-order valence-corrected chi connectivity index (χ2v) is 9.52. The summed E-state index contributed by atoms with van der Waals surface area (Å²) < 4.78 is 13.8. The fourth-order valence-corrected chi connectivity index (χ4v) is 3.97. The molecular formula is C29H42N2O5. The van der Waals surface area contributed by atoms with Gasteiger partial charge in [-0.2, -0.15) is 0 Å². The van der Waals surface area contributed by atoms with E-state index in [-0.39, 0.29) is 23.6 Å². The molecule has 0 unspecified atom stereocenters. The Labute approximate surface area is 215 Å². The highest BCUT2D eigenvalue weighted by atomic mass is 16.6. The maximum absolute atomic E-state index is 13.6. The molecule has 1 aromatic carbocycles. The first-order chi connectivity index (χ1) is 17.3. The highest BCUT2D eigenvalue weighted by molar-refractivity contribution is 5.89. The van der Waals surface area contributed by atoms with Crippen molar-refractivity contribution in [1.82, 2.24) is 4.57 Å². The summed E-state index contributed by atoms with van der Waals surface area (Å²) in [6, 6.07) is 4.60. The molecule has 0 spiro atoms. The van der Waals surface area contributed by atoms with Gasteiger partial charge in [0.2, 0.25) is 5.75 Å². The Morgan fingerprint density at radius 3 is 2.42 bits per heavy atom. The van der Waals surface area contributed by atoms with Crippen LogP contribution in [0.4, 0.5) is 5.69 Å². The van der Waals surface area contributed by atoms with Crippen LogP contribution < -0.4 is 15.0 Å². The number of hydrogen-bond donors (Lipinski definition) is 0. The third-order valence-corrected chi connectivity index (χ3v) is 6.10. The van der Waals surface area contributed by atoms with Gasteiger partial charge < -0.3 is 14.0 Å². The molecule has 0 aliphatic heterocycles. The van der Waals surface area contributed by atoms with Crippen molar-refractivity contribution in [3.05, 3.63) is 62.0 Å². The van der Waals surface area contributed by atoms with Crippen LogP contribution in [0.25, 0.3) is 10.9 Å². The number of fused-ring (bicyclic) bond motifs is 1. The lowest BCUT2D eigenvalue weighted by Gasteiger charge is -2.18. The Hall–Kier alpha value is -3.09. The van der Waals surface area contributed by atoms with E-state index < -0.39 is 4.92 Å². The third kappa shape index (κ3) is 8.54.